The highest BCUT2D eigenvalue weighted by Crippen LogP contribution is 2.18. The predicted octanol–water partition coefficient (Wildman–Crippen LogP) is 0.338. The topological polar surface area (TPSA) is 82.0 Å². The van der Waals surface area contributed by atoms with E-state index in [0.717, 1.165) is 12.4 Å². The second-order valence-electron chi connectivity index (χ2n) is 4.53. The molecule has 2 aromatic rings. The van der Waals surface area contributed by atoms with Gasteiger partial charge in [0.2, 0.25) is 0 Å². The van der Waals surface area contributed by atoms with Gasteiger partial charge in [0.1, 0.15) is 11.5 Å². The second-order valence-corrected chi connectivity index (χ2v) is 4.53. The van der Waals surface area contributed by atoms with Gasteiger partial charge >= 0.3 is 0 Å². The Bertz CT molecular complexity index is 614. The minimum absolute atomic E-state index is 0.0777. The molecule has 0 fully saturated rings. The number of anilines is 1. The molecule has 3 heterocycles. The molecule has 19 heavy (non-hydrogen) atoms. The Kier molecular flexibility index (Phi) is 2.73. The Hall–Kier alpha value is -2.31. The molecule has 1 amide bonds. The van der Waals surface area contributed by atoms with Gasteiger partial charge in [-0.1, -0.05) is 0 Å². The summed E-state index contributed by atoms with van der Waals surface area (Å²) < 4.78 is 3.70. The summed E-state index contributed by atoms with van der Waals surface area (Å²) in [7, 11) is 0. The monoisotopic (exact) mass is 260 g/mol. The highest BCUT2D eigenvalue weighted by atomic mass is 16.2. The van der Waals surface area contributed by atoms with Crippen molar-refractivity contribution in [1.29, 1.82) is 0 Å². The van der Waals surface area contributed by atoms with Crippen LogP contribution in [0.3, 0.4) is 0 Å². The molecule has 0 atom stereocenters. The summed E-state index contributed by atoms with van der Waals surface area (Å²) in [5.74, 6) is 0.826. The third-order valence-electron chi connectivity index (χ3n) is 3.40. The quantitative estimate of drug-likeness (QED) is 0.844. The van der Waals surface area contributed by atoms with Crippen LogP contribution in [0.4, 0.5) is 5.69 Å². The molecule has 2 aromatic heterocycles. The maximum Gasteiger partial charge on any atom is 0.274 e. The second kappa shape index (κ2) is 4.42. The molecular weight excluding hydrogens is 244 g/mol. The number of hydrogen-bond donors (Lipinski definition) is 1. The van der Waals surface area contributed by atoms with E-state index in [1.165, 1.54) is 6.20 Å². The van der Waals surface area contributed by atoms with Crippen molar-refractivity contribution in [2.75, 3.05) is 12.3 Å². The minimum Gasteiger partial charge on any atom is -0.396 e. The lowest BCUT2D eigenvalue weighted by Gasteiger charge is -2.27. The fourth-order valence-electron chi connectivity index (χ4n) is 2.37. The first kappa shape index (κ1) is 11.8. The summed E-state index contributed by atoms with van der Waals surface area (Å²) >= 11 is 0. The molecule has 0 unspecified atom stereocenters. The van der Waals surface area contributed by atoms with Crippen LogP contribution in [0.15, 0.2) is 18.6 Å². The zero-order chi connectivity index (χ0) is 13.4. The normalized spacial score (nSPS) is 14.5. The van der Waals surface area contributed by atoms with Crippen molar-refractivity contribution in [1.82, 2.24) is 24.2 Å². The van der Waals surface area contributed by atoms with Gasteiger partial charge < -0.3 is 15.2 Å². The van der Waals surface area contributed by atoms with Gasteiger partial charge in [-0.05, 0) is 6.92 Å². The van der Waals surface area contributed by atoms with Crippen LogP contribution < -0.4 is 5.73 Å². The predicted molar refractivity (Wildman–Crippen MR) is 69.3 cm³/mol. The van der Waals surface area contributed by atoms with Gasteiger partial charge in [0, 0.05) is 32.0 Å². The fourth-order valence-corrected chi connectivity index (χ4v) is 2.37. The van der Waals surface area contributed by atoms with E-state index in [0.29, 0.717) is 31.0 Å². The highest BCUT2D eigenvalue weighted by molar-refractivity contribution is 5.97. The van der Waals surface area contributed by atoms with Gasteiger partial charge in [-0.15, -0.1) is 0 Å². The van der Waals surface area contributed by atoms with Crippen molar-refractivity contribution >= 4 is 11.6 Å². The number of carbonyl (C=O) groups is 1. The molecule has 100 valence electrons. The summed E-state index contributed by atoms with van der Waals surface area (Å²) in [6, 6.07) is 0. The van der Waals surface area contributed by atoms with Crippen LogP contribution in [0.5, 0.6) is 0 Å². The molecule has 1 aliphatic rings. The number of nitrogens with zero attached hydrogens (tertiary/aromatic N) is 5. The zero-order valence-corrected chi connectivity index (χ0v) is 10.8. The molecule has 0 aromatic carbocycles. The largest absolute Gasteiger partial charge is 0.396 e. The number of amides is 1. The summed E-state index contributed by atoms with van der Waals surface area (Å²) in [5, 5.41) is 4.11. The number of aryl methyl sites for hydroxylation is 1. The van der Waals surface area contributed by atoms with E-state index in [1.54, 1.807) is 15.8 Å². The van der Waals surface area contributed by atoms with Crippen molar-refractivity contribution in [3.8, 4) is 0 Å². The molecule has 0 saturated heterocycles. The summed E-state index contributed by atoms with van der Waals surface area (Å²) in [6.07, 6.45) is 5.22. The van der Waals surface area contributed by atoms with Crippen molar-refractivity contribution < 1.29 is 4.79 Å². The molecule has 0 radical (unpaired) electrons. The molecule has 7 nitrogen and oxygen atoms in total. The van der Waals surface area contributed by atoms with Crippen molar-refractivity contribution in [2.24, 2.45) is 0 Å². The summed E-state index contributed by atoms with van der Waals surface area (Å²) in [5.41, 5.74) is 6.75. The van der Waals surface area contributed by atoms with Gasteiger partial charge in [-0.3, -0.25) is 9.48 Å². The Morgan fingerprint density at radius 1 is 1.47 bits per heavy atom. The molecule has 2 N–H and O–H groups in total. The van der Waals surface area contributed by atoms with E-state index in [9.17, 15) is 4.79 Å². The van der Waals surface area contributed by atoms with Crippen LogP contribution in [0, 0.1) is 0 Å². The number of nitrogens with two attached hydrogens (primary N) is 1. The van der Waals surface area contributed by atoms with Crippen LogP contribution in [0.25, 0.3) is 0 Å². The lowest BCUT2D eigenvalue weighted by molar-refractivity contribution is 0.0696. The summed E-state index contributed by atoms with van der Waals surface area (Å²) in [4.78, 5) is 18.6. The Morgan fingerprint density at radius 3 is 3.11 bits per heavy atom. The molecule has 1 aliphatic heterocycles. The SMILES string of the molecule is CCn1ncc(N)c1C(=O)N1CCn2ccnc2C1. The first-order valence-corrected chi connectivity index (χ1v) is 6.31. The molecule has 7 heteroatoms. The van der Waals surface area contributed by atoms with Crippen molar-refractivity contribution in [3.05, 3.63) is 30.1 Å². The molecule has 3 rings (SSSR count). The van der Waals surface area contributed by atoms with Crippen LogP contribution in [0.2, 0.25) is 0 Å². The van der Waals surface area contributed by atoms with Gasteiger partial charge in [0.25, 0.3) is 5.91 Å². The van der Waals surface area contributed by atoms with Gasteiger partial charge in [-0.25, -0.2) is 4.98 Å². The van der Waals surface area contributed by atoms with E-state index in [2.05, 4.69) is 14.6 Å². The van der Waals surface area contributed by atoms with Gasteiger partial charge in [0.05, 0.1) is 18.4 Å². The van der Waals surface area contributed by atoms with E-state index in [4.69, 9.17) is 5.73 Å². The standard InChI is InChI=1S/C12H16N6O/c1-2-18-11(9(13)7-15-18)12(19)17-6-5-16-4-3-14-10(16)8-17/h3-4,7H,2,5-6,8,13H2,1H3. The number of rotatable bonds is 2. The third kappa shape index (κ3) is 1.87. The van der Waals surface area contributed by atoms with Gasteiger partial charge in [-0.2, -0.15) is 5.10 Å². The minimum atomic E-state index is -0.0777. The van der Waals surface area contributed by atoms with Crippen LogP contribution in [-0.4, -0.2) is 36.7 Å². The molecule has 0 bridgehead atoms. The lowest BCUT2D eigenvalue weighted by Crippen LogP contribution is -2.39. The van der Waals surface area contributed by atoms with Crippen molar-refractivity contribution in [2.45, 2.75) is 26.6 Å². The van der Waals surface area contributed by atoms with Crippen LogP contribution >= 0.6 is 0 Å². The maximum atomic E-state index is 12.5. The number of aromatic nitrogens is 4. The average molecular weight is 260 g/mol. The first-order valence-electron chi connectivity index (χ1n) is 6.31. The van der Waals surface area contributed by atoms with Gasteiger partial charge in [0.15, 0.2) is 0 Å². The molecule has 0 aliphatic carbocycles. The van der Waals surface area contributed by atoms with Crippen molar-refractivity contribution in [3.63, 3.8) is 0 Å². The fraction of sp³-hybridized carbons (Fsp3) is 0.417. The molecular formula is C12H16N6O. The number of fused-ring (bicyclic) bond motifs is 1. The third-order valence-corrected chi connectivity index (χ3v) is 3.40. The number of nitrogen functional groups attached to an aromatic ring is 1. The number of hydrogen-bond acceptors (Lipinski definition) is 4. The lowest BCUT2D eigenvalue weighted by atomic mass is 10.2. The Balaban J connectivity index is 1.87. The maximum absolute atomic E-state index is 12.5. The Labute approximate surface area is 110 Å². The smallest absolute Gasteiger partial charge is 0.274 e. The molecule has 0 spiro atoms. The highest BCUT2D eigenvalue weighted by Gasteiger charge is 2.26. The number of imidazole rings is 1. The van der Waals surface area contributed by atoms with E-state index < -0.39 is 0 Å². The van der Waals surface area contributed by atoms with E-state index in [-0.39, 0.29) is 5.91 Å². The number of carbonyl (C=O) groups excluding carboxylic acids is 1. The zero-order valence-electron chi connectivity index (χ0n) is 10.8. The van der Waals surface area contributed by atoms with Crippen LogP contribution in [-0.2, 0) is 19.6 Å². The first-order chi connectivity index (χ1) is 9.20. The van der Waals surface area contributed by atoms with E-state index >= 15 is 0 Å². The van der Waals surface area contributed by atoms with E-state index in [1.807, 2.05) is 13.1 Å². The average Bonchev–Trinajstić information content (AvgIpc) is 3.02. The summed E-state index contributed by atoms with van der Waals surface area (Å²) in [6.45, 7) is 4.50. The van der Waals surface area contributed by atoms with Crippen LogP contribution in [0.1, 0.15) is 23.2 Å². The Morgan fingerprint density at radius 2 is 2.32 bits per heavy atom. The molecule has 0 saturated carbocycles.